The van der Waals surface area contributed by atoms with Gasteiger partial charge in [0.05, 0.1) is 5.52 Å². The number of benzene rings is 1. The Hall–Kier alpha value is -0.843. The Morgan fingerprint density at radius 1 is 1.28 bits per heavy atom. The first-order valence-electron chi connectivity index (χ1n) is 6.16. The molecule has 18 heavy (non-hydrogen) atoms. The predicted octanol–water partition coefficient (Wildman–Crippen LogP) is 4.00. The highest BCUT2D eigenvalue weighted by Crippen LogP contribution is 2.22. The number of halogens is 1. The van der Waals surface area contributed by atoms with Crippen molar-refractivity contribution in [2.75, 3.05) is 6.61 Å². The summed E-state index contributed by atoms with van der Waals surface area (Å²) in [5.74, 6) is 0. The lowest BCUT2D eigenvalue weighted by Gasteiger charge is -2.15. The van der Waals surface area contributed by atoms with Gasteiger partial charge in [-0.05, 0) is 18.2 Å². The van der Waals surface area contributed by atoms with Crippen molar-refractivity contribution in [3.05, 3.63) is 29.4 Å². The van der Waals surface area contributed by atoms with Gasteiger partial charge in [-0.1, -0.05) is 43.4 Å². The number of hydrogen-bond acceptors (Lipinski definition) is 2. The molecule has 0 aliphatic carbocycles. The number of aromatic nitrogens is 2. The van der Waals surface area contributed by atoms with Crippen molar-refractivity contribution >= 4 is 30.6 Å². The third-order valence-electron chi connectivity index (χ3n) is 2.82. The summed E-state index contributed by atoms with van der Waals surface area (Å²) in [6, 6.07) is 9.10. The van der Waals surface area contributed by atoms with E-state index in [1.165, 1.54) is 6.04 Å². The smallest absolute Gasteiger partial charge is 0.159 e. The first-order valence-corrected chi connectivity index (χ1v) is 10.2. The summed E-state index contributed by atoms with van der Waals surface area (Å²) in [5, 5.41) is 5.81. The van der Waals surface area contributed by atoms with Crippen LogP contribution in [0.2, 0.25) is 30.8 Å². The van der Waals surface area contributed by atoms with E-state index in [4.69, 9.17) is 16.3 Å². The van der Waals surface area contributed by atoms with E-state index in [2.05, 4.69) is 24.7 Å². The Morgan fingerprint density at radius 3 is 2.72 bits per heavy atom. The summed E-state index contributed by atoms with van der Waals surface area (Å²) >= 11 is 6.08. The number of hydrogen-bond donors (Lipinski definition) is 0. The molecule has 0 fully saturated rings. The molecule has 0 bridgehead atoms. The van der Waals surface area contributed by atoms with E-state index in [0.717, 1.165) is 17.5 Å². The van der Waals surface area contributed by atoms with Crippen molar-refractivity contribution in [2.24, 2.45) is 0 Å². The van der Waals surface area contributed by atoms with Gasteiger partial charge >= 0.3 is 0 Å². The molecule has 0 spiro atoms. The largest absolute Gasteiger partial charge is 0.360 e. The topological polar surface area (TPSA) is 27.1 Å². The molecule has 98 valence electrons. The zero-order valence-corrected chi connectivity index (χ0v) is 12.9. The second kappa shape index (κ2) is 5.43. The van der Waals surface area contributed by atoms with E-state index in [1.807, 2.05) is 28.9 Å². The third kappa shape index (κ3) is 3.34. The molecule has 3 nitrogen and oxygen atoms in total. The fourth-order valence-corrected chi connectivity index (χ4v) is 2.72. The van der Waals surface area contributed by atoms with Crippen molar-refractivity contribution in [3.8, 4) is 0 Å². The molecule has 0 saturated heterocycles. The first-order chi connectivity index (χ1) is 8.47. The van der Waals surface area contributed by atoms with E-state index in [0.29, 0.717) is 11.9 Å². The number of rotatable bonds is 5. The molecule has 0 radical (unpaired) electrons. The van der Waals surface area contributed by atoms with Gasteiger partial charge in [-0.2, -0.15) is 5.10 Å². The highest BCUT2D eigenvalue weighted by molar-refractivity contribution is 6.76. The van der Waals surface area contributed by atoms with Crippen LogP contribution in [0.1, 0.15) is 0 Å². The zero-order valence-electron chi connectivity index (χ0n) is 11.1. The third-order valence-corrected chi connectivity index (χ3v) is 4.81. The molecule has 5 heteroatoms. The number of nitrogens with zero attached hydrogens (tertiary/aromatic N) is 2. The normalized spacial score (nSPS) is 12.2. The Balaban J connectivity index is 2.00. The van der Waals surface area contributed by atoms with Crippen LogP contribution >= 0.6 is 11.6 Å². The van der Waals surface area contributed by atoms with E-state index < -0.39 is 8.07 Å². The molecule has 1 aromatic carbocycles. The maximum Gasteiger partial charge on any atom is 0.159 e. The van der Waals surface area contributed by atoms with Crippen molar-refractivity contribution in [1.82, 2.24) is 9.78 Å². The molecule has 1 aromatic heterocycles. The molecular formula is C13H19ClN2OSi. The van der Waals surface area contributed by atoms with Gasteiger partial charge in [0.1, 0.15) is 6.73 Å². The summed E-state index contributed by atoms with van der Waals surface area (Å²) < 4.78 is 7.52. The molecule has 2 rings (SSSR count). The fourth-order valence-electron chi connectivity index (χ4n) is 1.71. The molecule has 0 unspecified atom stereocenters. The molecular weight excluding hydrogens is 264 g/mol. The minimum Gasteiger partial charge on any atom is -0.360 e. The predicted molar refractivity (Wildman–Crippen MR) is 78.8 cm³/mol. The Morgan fingerprint density at radius 2 is 2.00 bits per heavy atom. The molecule has 0 saturated carbocycles. The monoisotopic (exact) mass is 282 g/mol. The van der Waals surface area contributed by atoms with Crippen LogP contribution in [-0.2, 0) is 11.5 Å². The average Bonchev–Trinajstić information content (AvgIpc) is 2.62. The Bertz CT molecular complexity index is 533. The summed E-state index contributed by atoms with van der Waals surface area (Å²) in [6.45, 7) is 8.29. The lowest BCUT2D eigenvalue weighted by molar-refractivity contribution is 0.0817. The van der Waals surface area contributed by atoms with Crippen molar-refractivity contribution in [2.45, 2.75) is 32.4 Å². The standard InChI is InChI=1S/C13H19ClN2OSi/c1-18(2,3)9-8-17-10-16-12-7-5-4-6-11(12)13(14)15-16/h4-7H,8-10H2,1-3H3. The number of para-hydroxylation sites is 1. The van der Waals surface area contributed by atoms with Crippen molar-refractivity contribution in [1.29, 1.82) is 0 Å². The summed E-state index contributed by atoms with van der Waals surface area (Å²) in [4.78, 5) is 0. The van der Waals surface area contributed by atoms with Crippen molar-refractivity contribution in [3.63, 3.8) is 0 Å². The van der Waals surface area contributed by atoms with Crippen LogP contribution < -0.4 is 0 Å². The van der Waals surface area contributed by atoms with Gasteiger partial charge in [0.15, 0.2) is 5.15 Å². The Labute approximate surface area is 114 Å². The molecule has 2 aromatic rings. The quantitative estimate of drug-likeness (QED) is 0.612. The lowest BCUT2D eigenvalue weighted by atomic mass is 10.3. The lowest BCUT2D eigenvalue weighted by Crippen LogP contribution is -2.22. The number of fused-ring (bicyclic) bond motifs is 1. The van der Waals surface area contributed by atoms with Crippen LogP contribution in [0.4, 0.5) is 0 Å². The van der Waals surface area contributed by atoms with E-state index in [1.54, 1.807) is 0 Å². The summed E-state index contributed by atoms with van der Waals surface area (Å²) in [5.41, 5.74) is 1.02. The van der Waals surface area contributed by atoms with Gasteiger partial charge in [0.25, 0.3) is 0 Å². The highest BCUT2D eigenvalue weighted by atomic mass is 35.5. The summed E-state index contributed by atoms with van der Waals surface area (Å²) in [7, 11) is -1.02. The van der Waals surface area contributed by atoms with Crippen LogP contribution in [0.15, 0.2) is 24.3 Å². The van der Waals surface area contributed by atoms with Crippen LogP contribution in [0.25, 0.3) is 10.9 Å². The number of ether oxygens (including phenoxy) is 1. The first kappa shape index (κ1) is 13.6. The van der Waals surface area contributed by atoms with Gasteiger partial charge in [0.2, 0.25) is 0 Å². The second-order valence-corrected chi connectivity index (χ2v) is 11.6. The zero-order chi connectivity index (χ0) is 13.2. The minimum atomic E-state index is -1.02. The van der Waals surface area contributed by atoms with Crippen LogP contribution in [0, 0.1) is 0 Å². The van der Waals surface area contributed by atoms with E-state index in [9.17, 15) is 0 Å². The highest BCUT2D eigenvalue weighted by Gasteiger charge is 2.12. The van der Waals surface area contributed by atoms with Gasteiger partial charge in [0, 0.05) is 20.1 Å². The molecule has 1 heterocycles. The van der Waals surface area contributed by atoms with Crippen LogP contribution in [-0.4, -0.2) is 24.5 Å². The van der Waals surface area contributed by atoms with Gasteiger partial charge in [-0.25, -0.2) is 4.68 Å². The summed E-state index contributed by atoms with van der Waals surface area (Å²) in [6.07, 6.45) is 0. The van der Waals surface area contributed by atoms with E-state index in [-0.39, 0.29) is 0 Å². The molecule has 0 N–H and O–H groups in total. The minimum absolute atomic E-state index is 0.470. The van der Waals surface area contributed by atoms with Gasteiger partial charge < -0.3 is 4.74 Å². The second-order valence-electron chi connectivity index (χ2n) is 5.66. The maximum atomic E-state index is 6.08. The molecule has 0 amide bonds. The van der Waals surface area contributed by atoms with Gasteiger partial charge in [-0.15, -0.1) is 0 Å². The van der Waals surface area contributed by atoms with E-state index >= 15 is 0 Å². The average molecular weight is 283 g/mol. The molecule has 0 atom stereocenters. The van der Waals surface area contributed by atoms with Gasteiger partial charge in [-0.3, -0.25) is 0 Å². The van der Waals surface area contributed by atoms with Crippen LogP contribution in [0.5, 0.6) is 0 Å². The molecule has 0 aliphatic rings. The Kier molecular flexibility index (Phi) is 4.09. The molecule has 0 aliphatic heterocycles. The fraction of sp³-hybridized carbons (Fsp3) is 0.462. The van der Waals surface area contributed by atoms with Crippen LogP contribution in [0.3, 0.4) is 0 Å². The SMILES string of the molecule is C[Si](C)(C)CCOCn1nc(Cl)c2ccccc21. The maximum absolute atomic E-state index is 6.08. The van der Waals surface area contributed by atoms with Crippen molar-refractivity contribution < 1.29 is 4.74 Å².